The van der Waals surface area contributed by atoms with Gasteiger partial charge in [-0.3, -0.25) is 0 Å². The lowest BCUT2D eigenvalue weighted by Crippen LogP contribution is -2.05. The van der Waals surface area contributed by atoms with Gasteiger partial charge in [-0.1, -0.05) is 42.5 Å². The van der Waals surface area contributed by atoms with Crippen LogP contribution in [-0.2, 0) is 6.54 Å². The quantitative estimate of drug-likeness (QED) is 0.798. The second-order valence-electron chi connectivity index (χ2n) is 4.83. The van der Waals surface area contributed by atoms with Crippen molar-refractivity contribution in [1.29, 1.82) is 0 Å². The van der Waals surface area contributed by atoms with Gasteiger partial charge in [0.05, 0.1) is 19.3 Å². The summed E-state index contributed by atoms with van der Waals surface area (Å²) in [6, 6.07) is 19.8. The fraction of sp³-hybridized carbons (Fsp3) is 0.118. The maximum Gasteiger partial charge on any atom is 0.122 e. The Hall–Kier alpha value is -2.75. The summed E-state index contributed by atoms with van der Waals surface area (Å²) in [7, 11) is 1.65. The highest BCUT2D eigenvalue weighted by molar-refractivity contribution is 5.64. The van der Waals surface area contributed by atoms with E-state index in [2.05, 4.69) is 17.2 Å². The summed E-state index contributed by atoms with van der Waals surface area (Å²) in [6.07, 6.45) is 0. The molecule has 0 fully saturated rings. The maximum atomic E-state index is 6.07. The lowest BCUT2D eigenvalue weighted by molar-refractivity contribution is 0.415. The molecule has 3 rings (SSSR count). The molecule has 0 aliphatic rings. The van der Waals surface area contributed by atoms with E-state index in [1.165, 1.54) is 5.56 Å². The van der Waals surface area contributed by atoms with Crippen molar-refractivity contribution in [3.05, 3.63) is 66.2 Å². The molecule has 1 heterocycles. The van der Waals surface area contributed by atoms with Crippen LogP contribution in [0.15, 0.2) is 60.7 Å². The van der Waals surface area contributed by atoms with Gasteiger partial charge in [0, 0.05) is 11.6 Å². The van der Waals surface area contributed by atoms with Gasteiger partial charge in [0.2, 0.25) is 0 Å². The SMILES string of the molecule is COc1cccc(-c2cc(N)n(Cc3ccccc3)n2)c1. The van der Waals surface area contributed by atoms with Gasteiger partial charge in [0.25, 0.3) is 0 Å². The number of nitrogens with two attached hydrogens (primary N) is 1. The van der Waals surface area contributed by atoms with Crippen LogP contribution in [0.3, 0.4) is 0 Å². The normalized spacial score (nSPS) is 10.5. The first-order valence-electron chi connectivity index (χ1n) is 6.78. The summed E-state index contributed by atoms with van der Waals surface area (Å²) < 4.78 is 7.05. The van der Waals surface area contributed by atoms with Crippen molar-refractivity contribution in [3.63, 3.8) is 0 Å². The Balaban J connectivity index is 1.90. The van der Waals surface area contributed by atoms with E-state index in [4.69, 9.17) is 10.5 Å². The number of nitrogen functional groups attached to an aromatic ring is 1. The van der Waals surface area contributed by atoms with Gasteiger partial charge in [-0.2, -0.15) is 5.10 Å². The van der Waals surface area contributed by atoms with Crippen LogP contribution in [0.2, 0.25) is 0 Å². The number of rotatable bonds is 4. The number of anilines is 1. The van der Waals surface area contributed by atoms with Crippen LogP contribution < -0.4 is 10.5 Å². The molecule has 0 radical (unpaired) electrons. The molecule has 4 heteroatoms. The van der Waals surface area contributed by atoms with Crippen molar-refractivity contribution in [3.8, 4) is 17.0 Å². The zero-order valence-corrected chi connectivity index (χ0v) is 11.9. The molecule has 0 aliphatic carbocycles. The van der Waals surface area contributed by atoms with Crippen LogP contribution in [-0.4, -0.2) is 16.9 Å². The zero-order chi connectivity index (χ0) is 14.7. The van der Waals surface area contributed by atoms with Crippen LogP contribution >= 0.6 is 0 Å². The van der Waals surface area contributed by atoms with Crippen molar-refractivity contribution >= 4 is 5.82 Å². The van der Waals surface area contributed by atoms with Gasteiger partial charge in [-0.25, -0.2) is 4.68 Å². The van der Waals surface area contributed by atoms with Crippen LogP contribution in [0.1, 0.15) is 5.56 Å². The minimum absolute atomic E-state index is 0.650. The topological polar surface area (TPSA) is 53.1 Å². The van der Waals surface area contributed by atoms with Crippen molar-refractivity contribution in [2.75, 3.05) is 12.8 Å². The Kier molecular flexibility index (Phi) is 3.60. The lowest BCUT2D eigenvalue weighted by atomic mass is 10.1. The predicted octanol–water partition coefficient (Wildman–Crippen LogP) is 3.19. The minimum Gasteiger partial charge on any atom is -0.497 e. The summed E-state index contributed by atoms with van der Waals surface area (Å²) in [4.78, 5) is 0. The van der Waals surface area contributed by atoms with Gasteiger partial charge < -0.3 is 10.5 Å². The Morgan fingerprint density at radius 1 is 1.05 bits per heavy atom. The Labute approximate surface area is 123 Å². The Bertz CT molecular complexity index is 735. The molecule has 0 amide bonds. The van der Waals surface area contributed by atoms with Gasteiger partial charge in [0.15, 0.2) is 0 Å². The monoisotopic (exact) mass is 279 g/mol. The van der Waals surface area contributed by atoms with Gasteiger partial charge in [0.1, 0.15) is 11.6 Å². The van der Waals surface area contributed by atoms with Gasteiger partial charge in [-0.05, 0) is 17.7 Å². The molecular formula is C17H17N3O. The predicted molar refractivity (Wildman–Crippen MR) is 84.2 cm³/mol. The van der Waals surface area contributed by atoms with Gasteiger partial charge >= 0.3 is 0 Å². The number of hydrogen-bond acceptors (Lipinski definition) is 3. The van der Waals surface area contributed by atoms with Crippen molar-refractivity contribution < 1.29 is 4.74 Å². The molecule has 0 saturated carbocycles. The van der Waals surface area contributed by atoms with E-state index < -0.39 is 0 Å². The van der Waals surface area contributed by atoms with E-state index >= 15 is 0 Å². The number of methoxy groups -OCH3 is 1. The first kappa shape index (κ1) is 13.2. The van der Waals surface area contributed by atoms with E-state index in [1.54, 1.807) is 7.11 Å². The first-order valence-corrected chi connectivity index (χ1v) is 6.78. The molecule has 21 heavy (non-hydrogen) atoms. The second-order valence-corrected chi connectivity index (χ2v) is 4.83. The second kappa shape index (κ2) is 5.71. The fourth-order valence-electron chi connectivity index (χ4n) is 2.24. The highest BCUT2D eigenvalue weighted by Crippen LogP contribution is 2.24. The average molecular weight is 279 g/mol. The van der Waals surface area contributed by atoms with E-state index in [0.717, 1.165) is 17.0 Å². The van der Waals surface area contributed by atoms with Crippen LogP contribution in [0, 0.1) is 0 Å². The van der Waals surface area contributed by atoms with Crippen molar-refractivity contribution in [2.24, 2.45) is 0 Å². The molecule has 0 spiro atoms. The number of ether oxygens (including phenoxy) is 1. The summed E-state index contributed by atoms with van der Waals surface area (Å²) in [6.45, 7) is 0.663. The third kappa shape index (κ3) is 2.89. The van der Waals surface area contributed by atoms with E-state index in [1.807, 2.05) is 53.2 Å². The molecule has 3 aromatic rings. The first-order chi connectivity index (χ1) is 10.3. The highest BCUT2D eigenvalue weighted by atomic mass is 16.5. The molecule has 0 unspecified atom stereocenters. The summed E-state index contributed by atoms with van der Waals surface area (Å²) in [5.74, 6) is 1.46. The minimum atomic E-state index is 0.650. The number of benzene rings is 2. The van der Waals surface area contributed by atoms with Crippen molar-refractivity contribution in [2.45, 2.75) is 6.54 Å². The van der Waals surface area contributed by atoms with Crippen LogP contribution in [0.4, 0.5) is 5.82 Å². The lowest BCUT2D eigenvalue weighted by Gasteiger charge is -2.04. The van der Waals surface area contributed by atoms with E-state index in [0.29, 0.717) is 12.4 Å². The molecule has 1 aromatic heterocycles. The molecule has 0 atom stereocenters. The molecule has 0 saturated heterocycles. The maximum absolute atomic E-state index is 6.07. The fourth-order valence-corrected chi connectivity index (χ4v) is 2.24. The highest BCUT2D eigenvalue weighted by Gasteiger charge is 2.08. The number of nitrogens with zero attached hydrogens (tertiary/aromatic N) is 2. The molecule has 0 bridgehead atoms. The molecular weight excluding hydrogens is 262 g/mol. The smallest absolute Gasteiger partial charge is 0.122 e. The third-order valence-electron chi connectivity index (χ3n) is 3.35. The summed E-state index contributed by atoms with van der Waals surface area (Å²) in [5.41, 5.74) is 9.08. The standard InChI is InChI=1S/C17H17N3O/c1-21-15-9-5-8-14(10-15)16-11-17(18)20(19-16)12-13-6-3-2-4-7-13/h2-11H,12,18H2,1H3. The molecule has 2 N–H and O–H groups in total. The molecule has 4 nitrogen and oxygen atoms in total. The molecule has 0 aliphatic heterocycles. The van der Waals surface area contributed by atoms with Gasteiger partial charge in [-0.15, -0.1) is 0 Å². The number of hydrogen-bond donors (Lipinski definition) is 1. The molecule has 106 valence electrons. The summed E-state index contributed by atoms with van der Waals surface area (Å²) in [5, 5.41) is 4.59. The Morgan fingerprint density at radius 3 is 2.62 bits per heavy atom. The van der Waals surface area contributed by atoms with E-state index in [-0.39, 0.29) is 0 Å². The Morgan fingerprint density at radius 2 is 1.86 bits per heavy atom. The average Bonchev–Trinajstić information content (AvgIpc) is 2.89. The summed E-state index contributed by atoms with van der Waals surface area (Å²) >= 11 is 0. The number of aromatic nitrogens is 2. The van der Waals surface area contributed by atoms with E-state index in [9.17, 15) is 0 Å². The third-order valence-corrected chi connectivity index (χ3v) is 3.35. The van der Waals surface area contributed by atoms with Crippen LogP contribution in [0.5, 0.6) is 5.75 Å². The largest absolute Gasteiger partial charge is 0.497 e. The van der Waals surface area contributed by atoms with Crippen molar-refractivity contribution in [1.82, 2.24) is 9.78 Å². The zero-order valence-electron chi connectivity index (χ0n) is 11.9. The molecule has 2 aromatic carbocycles. The van der Waals surface area contributed by atoms with Crippen LogP contribution in [0.25, 0.3) is 11.3 Å².